The number of aliphatic hydroxyl groups excluding tert-OH is 1. The number of fused-ring (bicyclic) bond motifs is 1. The van der Waals surface area contributed by atoms with Gasteiger partial charge in [0.05, 0.1) is 18.7 Å². The zero-order chi connectivity index (χ0) is 22.4. The maximum absolute atomic E-state index is 13.4. The molecule has 0 saturated heterocycles. The van der Waals surface area contributed by atoms with Crippen molar-refractivity contribution in [3.63, 3.8) is 0 Å². The number of benzene rings is 1. The van der Waals surface area contributed by atoms with E-state index in [9.17, 15) is 9.90 Å². The summed E-state index contributed by atoms with van der Waals surface area (Å²) in [5.74, 6) is 1.37. The molecule has 1 aliphatic rings. The Hall–Kier alpha value is -1.89. The predicted octanol–water partition coefficient (Wildman–Crippen LogP) is 4.29. The molecule has 0 fully saturated rings. The van der Waals surface area contributed by atoms with Gasteiger partial charge in [0.1, 0.15) is 12.4 Å². The van der Waals surface area contributed by atoms with Crippen LogP contribution < -0.4 is 4.74 Å². The Balaban J connectivity index is 1.73. The van der Waals surface area contributed by atoms with Crippen molar-refractivity contribution < 1.29 is 14.6 Å². The van der Waals surface area contributed by atoms with Crippen LogP contribution in [0.3, 0.4) is 0 Å². The summed E-state index contributed by atoms with van der Waals surface area (Å²) in [5.41, 5.74) is 2.40. The Morgan fingerprint density at radius 1 is 1.26 bits per heavy atom. The molecule has 170 valence electrons. The van der Waals surface area contributed by atoms with Gasteiger partial charge in [-0.25, -0.2) is 0 Å². The Morgan fingerprint density at radius 2 is 2.00 bits per heavy atom. The third-order valence-electron chi connectivity index (χ3n) is 5.77. The van der Waals surface area contributed by atoms with E-state index in [0.29, 0.717) is 38.6 Å². The molecule has 0 saturated carbocycles. The van der Waals surface area contributed by atoms with E-state index in [1.165, 1.54) is 16.0 Å². The van der Waals surface area contributed by atoms with Crippen LogP contribution in [0.2, 0.25) is 0 Å². The lowest BCUT2D eigenvalue weighted by Gasteiger charge is -2.37. The van der Waals surface area contributed by atoms with E-state index in [-0.39, 0.29) is 11.9 Å². The van der Waals surface area contributed by atoms with Gasteiger partial charge in [-0.3, -0.25) is 9.69 Å². The van der Waals surface area contributed by atoms with E-state index in [1.807, 2.05) is 36.1 Å². The van der Waals surface area contributed by atoms with Gasteiger partial charge in [-0.2, -0.15) is 0 Å². The number of aryl methyl sites for hydroxylation is 1. The van der Waals surface area contributed by atoms with E-state index in [1.54, 1.807) is 11.3 Å². The highest BCUT2D eigenvalue weighted by atomic mass is 32.1. The van der Waals surface area contributed by atoms with Crippen LogP contribution in [0, 0.1) is 12.8 Å². The van der Waals surface area contributed by atoms with E-state index in [0.717, 1.165) is 18.7 Å². The SMILES string of the molecule is CC[C@@H](O)CN(CC(=O)N1CCc2sccc2[C@@H]1COc1ccc(C)cc1)CC(C)C. The van der Waals surface area contributed by atoms with Crippen molar-refractivity contribution in [1.82, 2.24) is 9.80 Å². The van der Waals surface area contributed by atoms with Gasteiger partial charge in [-0.1, -0.05) is 38.5 Å². The molecule has 2 heterocycles. The Kier molecular flexibility index (Phi) is 8.52. The zero-order valence-corrected chi connectivity index (χ0v) is 20.0. The minimum Gasteiger partial charge on any atom is -0.491 e. The van der Waals surface area contributed by atoms with Crippen LogP contribution in [0.1, 0.15) is 49.2 Å². The van der Waals surface area contributed by atoms with Gasteiger partial charge in [0.25, 0.3) is 0 Å². The molecule has 1 aromatic heterocycles. The van der Waals surface area contributed by atoms with Crippen molar-refractivity contribution in [3.8, 4) is 5.75 Å². The van der Waals surface area contributed by atoms with Gasteiger partial charge in [-0.15, -0.1) is 11.3 Å². The summed E-state index contributed by atoms with van der Waals surface area (Å²) in [5, 5.41) is 12.3. The fourth-order valence-corrected chi connectivity index (χ4v) is 5.04. The van der Waals surface area contributed by atoms with Crippen LogP contribution in [0.5, 0.6) is 5.75 Å². The summed E-state index contributed by atoms with van der Waals surface area (Å²) < 4.78 is 6.12. The Labute approximate surface area is 190 Å². The molecule has 0 unspecified atom stereocenters. The number of carbonyl (C=O) groups is 1. The lowest BCUT2D eigenvalue weighted by Crippen LogP contribution is -2.48. The number of hydrogen-bond donors (Lipinski definition) is 1. The molecular weight excluding hydrogens is 408 g/mol. The van der Waals surface area contributed by atoms with Crippen LogP contribution in [-0.2, 0) is 11.2 Å². The molecule has 1 aliphatic heterocycles. The van der Waals surface area contributed by atoms with Gasteiger partial charge in [0, 0.05) is 24.5 Å². The number of amides is 1. The molecule has 1 N–H and O–H groups in total. The van der Waals surface area contributed by atoms with Gasteiger partial charge in [-0.05, 0) is 54.8 Å². The lowest BCUT2D eigenvalue weighted by atomic mass is 10.00. The highest BCUT2D eigenvalue weighted by Gasteiger charge is 2.33. The smallest absolute Gasteiger partial charge is 0.237 e. The van der Waals surface area contributed by atoms with Crippen LogP contribution in [-0.4, -0.2) is 59.7 Å². The molecule has 6 heteroatoms. The molecular formula is C25H36N2O3S. The number of ether oxygens (including phenoxy) is 1. The lowest BCUT2D eigenvalue weighted by molar-refractivity contribution is -0.136. The van der Waals surface area contributed by atoms with E-state index < -0.39 is 6.10 Å². The average Bonchev–Trinajstić information content (AvgIpc) is 3.21. The second kappa shape index (κ2) is 11.1. The highest BCUT2D eigenvalue weighted by Crippen LogP contribution is 2.34. The summed E-state index contributed by atoms with van der Waals surface area (Å²) in [6, 6.07) is 10.1. The summed E-state index contributed by atoms with van der Waals surface area (Å²) in [7, 11) is 0. The summed E-state index contributed by atoms with van der Waals surface area (Å²) in [6.07, 6.45) is 1.18. The second-order valence-corrected chi connectivity index (χ2v) is 9.93. The van der Waals surface area contributed by atoms with Crippen molar-refractivity contribution >= 4 is 17.2 Å². The predicted molar refractivity (Wildman–Crippen MR) is 127 cm³/mol. The highest BCUT2D eigenvalue weighted by molar-refractivity contribution is 7.10. The molecule has 3 rings (SSSR count). The second-order valence-electron chi connectivity index (χ2n) is 8.93. The Morgan fingerprint density at radius 3 is 2.68 bits per heavy atom. The first kappa shape index (κ1) is 23.8. The standard InChI is InChI=1S/C25H36N2O3S/c1-5-20(28)15-26(14-18(2)3)16-25(29)27-12-10-24-22(11-13-31-24)23(27)17-30-21-8-6-19(4)7-9-21/h6-9,11,13,18,20,23,28H,5,10,12,14-17H2,1-4H3/t20-,23+/m1/s1. The monoisotopic (exact) mass is 444 g/mol. The normalized spacial score (nSPS) is 17.1. The molecule has 0 radical (unpaired) electrons. The van der Waals surface area contributed by atoms with Gasteiger partial charge < -0.3 is 14.7 Å². The topological polar surface area (TPSA) is 53.0 Å². The molecule has 0 bridgehead atoms. The van der Waals surface area contributed by atoms with Crippen LogP contribution in [0.4, 0.5) is 0 Å². The third kappa shape index (κ3) is 6.55. The molecule has 0 aliphatic carbocycles. The third-order valence-corrected chi connectivity index (χ3v) is 6.76. The van der Waals surface area contributed by atoms with E-state index in [4.69, 9.17) is 4.74 Å². The Bertz CT molecular complexity index is 834. The summed E-state index contributed by atoms with van der Waals surface area (Å²) >= 11 is 1.76. The van der Waals surface area contributed by atoms with Crippen molar-refractivity contribution in [1.29, 1.82) is 0 Å². The van der Waals surface area contributed by atoms with Gasteiger partial charge in [0.2, 0.25) is 5.91 Å². The number of thiophene rings is 1. The molecule has 31 heavy (non-hydrogen) atoms. The first-order valence-electron chi connectivity index (χ1n) is 11.3. The summed E-state index contributed by atoms with van der Waals surface area (Å²) in [6.45, 7) is 11.1. The minimum atomic E-state index is -0.406. The fourth-order valence-electron chi connectivity index (χ4n) is 4.11. The molecule has 1 aromatic carbocycles. The van der Waals surface area contributed by atoms with Crippen molar-refractivity contribution in [2.24, 2.45) is 5.92 Å². The van der Waals surface area contributed by atoms with Gasteiger partial charge >= 0.3 is 0 Å². The molecule has 5 nitrogen and oxygen atoms in total. The number of rotatable bonds is 10. The number of aliphatic hydroxyl groups is 1. The molecule has 0 spiro atoms. The number of carbonyl (C=O) groups excluding carboxylic acids is 1. The molecule has 2 aromatic rings. The first-order chi connectivity index (χ1) is 14.9. The molecule has 2 atom stereocenters. The zero-order valence-electron chi connectivity index (χ0n) is 19.2. The maximum atomic E-state index is 13.4. The summed E-state index contributed by atoms with van der Waals surface area (Å²) in [4.78, 5) is 18.8. The van der Waals surface area contributed by atoms with Crippen molar-refractivity contribution in [2.75, 3.05) is 32.8 Å². The van der Waals surface area contributed by atoms with Crippen molar-refractivity contribution in [2.45, 2.75) is 52.7 Å². The van der Waals surface area contributed by atoms with Crippen LogP contribution in [0.25, 0.3) is 0 Å². The largest absolute Gasteiger partial charge is 0.491 e. The fraction of sp³-hybridized carbons (Fsp3) is 0.560. The number of nitrogens with zero attached hydrogens (tertiary/aromatic N) is 2. The van der Waals surface area contributed by atoms with Gasteiger partial charge in [0.15, 0.2) is 0 Å². The molecule has 1 amide bonds. The van der Waals surface area contributed by atoms with Crippen LogP contribution >= 0.6 is 11.3 Å². The number of hydrogen-bond acceptors (Lipinski definition) is 5. The van der Waals surface area contributed by atoms with Crippen LogP contribution in [0.15, 0.2) is 35.7 Å². The maximum Gasteiger partial charge on any atom is 0.237 e. The quantitative estimate of drug-likeness (QED) is 0.594. The first-order valence-corrected chi connectivity index (χ1v) is 12.2. The van der Waals surface area contributed by atoms with E-state index in [2.05, 4.69) is 37.1 Å². The van der Waals surface area contributed by atoms with Crippen molar-refractivity contribution in [3.05, 3.63) is 51.7 Å². The minimum absolute atomic E-state index is 0.0826. The van der Waals surface area contributed by atoms with E-state index >= 15 is 0 Å². The average molecular weight is 445 g/mol.